The molecule has 2 aliphatic rings. The summed E-state index contributed by atoms with van der Waals surface area (Å²) in [4.78, 5) is 19.2. The zero-order valence-corrected chi connectivity index (χ0v) is 15.0. The van der Waals surface area contributed by atoms with Gasteiger partial charge in [-0.05, 0) is 25.0 Å². The van der Waals surface area contributed by atoms with Crippen LogP contribution in [0.3, 0.4) is 0 Å². The quantitative estimate of drug-likeness (QED) is 0.886. The van der Waals surface area contributed by atoms with Gasteiger partial charge >= 0.3 is 6.03 Å². The van der Waals surface area contributed by atoms with Gasteiger partial charge in [-0.15, -0.1) is 0 Å². The lowest BCUT2D eigenvalue weighted by atomic mass is 9.94. The number of anilines is 1. The maximum atomic E-state index is 12.6. The van der Waals surface area contributed by atoms with Crippen LogP contribution in [0.4, 0.5) is 10.5 Å². The SMILES string of the molecule is O=C(NCC1(N2CCOCC2)CCCC1)Nc1cccc2cnccc12. The van der Waals surface area contributed by atoms with E-state index in [1.165, 1.54) is 12.8 Å². The number of morpholine rings is 1. The first-order valence-electron chi connectivity index (χ1n) is 9.47. The molecule has 1 aromatic carbocycles. The van der Waals surface area contributed by atoms with Crippen LogP contribution in [0.25, 0.3) is 10.8 Å². The van der Waals surface area contributed by atoms with Gasteiger partial charge in [-0.2, -0.15) is 0 Å². The molecule has 2 amide bonds. The van der Waals surface area contributed by atoms with Gasteiger partial charge in [0.05, 0.1) is 18.9 Å². The Labute approximate surface area is 153 Å². The number of nitrogens with one attached hydrogen (secondary N) is 2. The van der Waals surface area contributed by atoms with Gasteiger partial charge in [-0.3, -0.25) is 9.88 Å². The Kier molecular flexibility index (Phi) is 5.04. The standard InChI is InChI=1S/C20H26N4O2/c25-19(23-18-5-3-4-16-14-21-9-6-17(16)18)22-15-20(7-1-2-8-20)24-10-12-26-13-11-24/h3-6,9,14H,1-2,7-8,10-13,15H2,(H2,22,23,25). The second-order valence-electron chi connectivity index (χ2n) is 7.24. The first kappa shape index (κ1) is 17.2. The normalized spacial score (nSPS) is 20.2. The van der Waals surface area contributed by atoms with Gasteiger partial charge in [0.1, 0.15) is 0 Å². The third-order valence-corrected chi connectivity index (χ3v) is 5.72. The van der Waals surface area contributed by atoms with Crippen molar-refractivity contribution in [3.05, 3.63) is 36.7 Å². The molecule has 0 radical (unpaired) electrons. The van der Waals surface area contributed by atoms with E-state index in [2.05, 4.69) is 20.5 Å². The van der Waals surface area contributed by atoms with Gasteiger partial charge in [0.25, 0.3) is 0 Å². The van der Waals surface area contributed by atoms with Crippen molar-refractivity contribution < 1.29 is 9.53 Å². The van der Waals surface area contributed by atoms with Crippen molar-refractivity contribution in [2.75, 3.05) is 38.2 Å². The first-order chi connectivity index (χ1) is 12.8. The summed E-state index contributed by atoms with van der Waals surface area (Å²) in [5, 5.41) is 8.16. The van der Waals surface area contributed by atoms with Crippen molar-refractivity contribution in [1.29, 1.82) is 0 Å². The Bertz CT molecular complexity index is 762. The summed E-state index contributed by atoms with van der Waals surface area (Å²) in [5.41, 5.74) is 0.901. The van der Waals surface area contributed by atoms with Crippen LogP contribution in [0.5, 0.6) is 0 Å². The van der Waals surface area contributed by atoms with Crippen LogP contribution in [0.2, 0.25) is 0 Å². The fourth-order valence-electron chi connectivity index (χ4n) is 4.32. The van der Waals surface area contributed by atoms with Gasteiger partial charge < -0.3 is 15.4 Å². The minimum absolute atomic E-state index is 0.0871. The van der Waals surface area contributed by atoms with Crippen LogP contribution in [-0.4, -0.2) is 54.3 Å². The predicted octanol–water partition coefficient (Wildman–Crippen LogP) is 3.00. The summed E-state index contributed by atoms with van der Waals surface area (Å²) < 4.78 is 5.50. The van der Waals surface area contributed by atoms with E-state index in [1.54, 1.807) is 6.20 Å². The van der Waals surface area contributed by atoms with Crippen LogP contribution in [0, 0.1) is 0 Å². The molecule has 1 aliphatic heterocycles. The van der Waals surface area contributed by atoms with Gasteiger partial charge in [-0.25, -0.2) is 4.79 Å². The highest BCUT2D eigenvalue weighted by atomic mass is 16.5. The highest BCUT2D eigenvalue weighted by Gasteiger charge is 2.40. The van der Waals surface area contributed by atoms with E-state index < -0.39 is 0 Å². The zero-order chi connectivity index (χ0) is 17.8. The first-order valence-corrected chi connectivity index (χ1v) is 9.47. The maximum absolute atomic E-state index is 12.6. The molecule has 2 N–H and O–H groups in total. The fourth-order valence-corrected chi connectivity index (χ4v) is 4.32. The van der Waals surface area contributed by atoms with E-state index >= 15 is 0 Å². The monoisotopic (exact) mass is 354 g/mol. The molecule has 6 nitrogen and oxygen atoms in total. The molecule has 0 unspecified atom stereocenters. The number of hydrogen-bond acceptors (Lipinski definition) is 4. The van der Waals surface area contributed by atoms with Gasteiger partial charge in [0, 0.05) is 48.3 Å². The minimum atomic E-state index is -0.145. The second kappa shape index (κ2) is 7.60. The van der Waals surface area contributed by atoms with Crippen LogP contribution in [0.1, 0.15) is 25.7 Å². The summed E-state index contributed by atoms with van der Waals surface area (Å²) in [6, 6.07) is 7.64. The van der Waals surface area contributed by atoms with Crippen molar-refractivity contribution in [1.82, 2.24) is 15.2 Å². The number of fused-ring (bicyclic) bond motifs is 1. The average molecular weight is 354 g/mol. The van der Waals surface area contributed by atoms with Crippen LogP contribution >= 0.6 is 0 Å². The van der Waals surface area contributed by atoms with E-state index in [4.69, 9.17) is 4.74 Å². The zero-order valence-electron chi connectivity index (χ0n) is 15.0. The van der Waals surface area contributed by atoms with Gasteiger partial charge in [0.2, 0.25) is 0 Å². The molecule has 0 bridgehead atoms. The molecule has 0 spiro atoms. The Balaban J connectivity index is 1.42. The molecule has 6 heteroatoms. The average Bonchev–Trinajstić information content (AvgIpc) is 3.18. The van der Waals surface area contributed by atoms with E-state index in [0.717, 1.165) is 55.6 Å². The van der Waals surface area contributed by atoms with E-state index in [9.17, 15) is 4.79 Å². The lowest BCUT2D eigenvalue weighted by molar-refractivity contribution is -0.0193. The molecule has 26 heavy (non-hydrogen) atoms. The number of nitrogens with zero attached hydrogens (tertiary/aromatic N) is 2. The lowest BCUT2D eigenvalue weighted by Gasteiger charge is -2.43. The van der Waals surface area contributed by atoms with Gasteiger partial charge in [-0.1, -0.05) is 25.0 Å². The Hall–Kier alpha value is -2.18. The number of ether oxygens (including phenoxy) is 1. The van der Waals surface area contributed by atoms with Crippen molar-refractivity contribution in [2.24, 2.45) is 0 Å². The van der Waals surface area contributed by atoms with Crippen LogP contribution in [0.15, 0.2) is 36.7 Å². The third kappa shape index (κ3) is 3.52. The number of carbonyl (C=O) groups excluding carboxylic acids is 1. The smallest absolute Gasteiger partial charge is 0.319 e. The molecule has 1 aliphatic carbocycles. The molecule has 1 saturated carbocycles. The molecule has 2 aromatic rings. The second-order valence-corrected chi connectivity index (χ2v) is 7.24. The number of amides is 2. The van der Waals surface area contributed by atoms with Crippen molar-refractivity contribution in [2.45, 2.75) is 31.2 Å². The molecule has 2 heterocycles. The third-order valence-electron chi connectivity index (χ3n) is 5.72. The molecule has 0 atom stereocenters. The number of hydrogen-bond donors (Lipinski definition) is 2. The largest absolute Gasteiger partial charge is 0.379 e. The number of carbonyl (C=O) groups is 1. The maximum Gasteiger partial charge on any atom is 0.319 e. The molecule has 1 aromatic heterocycles. The summed E-state index contributed by atoms with van der Waals surface area (Å²) in [6.07, 6.45) is 8.32. The molecule has 1 saturated heterocycles. The number of benzene rings is 1. The fraction of sp³-hybridized carbons (Fsp3) is 0.500. The van der Waals surface area contributed by atoms with Crippen LogP contribution < -0.4 is 10.6 Å². The molecule has 4 rings (SSSR count). The highest BCUT2D eigenvalue weighted by Crippen LogP contribution is 2.35. The molecule has 2 fully saturated rings. The Morgan fingerprint density at radius 1 is 1.19 bits per heavy atom. The Morgan fingerprint density at radius 3 is 2.81 bits per heavy atom. The van der Waals surface area contributed by atoms with Gasteiger partial charge in [0.15, 0.2) is 0 Å². The Morgan fingerprint density at radius 2 is 2.00 bits per heavy atom. The van der Waals surface area contributed by atoms with Crippen molar-refractivity contribution in [3.63, 3.8) is 0 Å². The molecular formula is C20H26N4O2. The van der Waals surface area contributed by atoms with Crippen molar-refractivity contribution in [3.8, 4) is 0 Å². The number of rotatable bonds is 4. The van der Waals surface area contributed by atoms with E-state index in [1.807, 2.05) is 30.5 Å². The molecular weight excluding hydrogens is 328 g/mol. The summed E-state index contributed by atoms with van der Waals surface area (Å²) in [6.45, 7) is 4.18. The number of urea groups is 1. The van der Waals surface area contributed by atoms with E-state index in [-0.39, 0.29) is 11.6 Å². The summed E-state index contributed by atoms with van der Waals surface area (Å²) in [5.74, 6) is 0. The number of pyridine rings is 1. The molecule has 138 valence electrons. The summed E-state index contributed by atoms with van der Waals surface area (Å²) in [7, 11) is 0. The minimum Gasteiger partial charge on any atom is -0.379 e. The lowest BCUT2D eigenvalue weighted by Crippen LogP contribution is -2.57. The number of aromatic nitrogens is 1. The van der Waals surface area contributed by atoms with Crippen LogP contribution in [-0.2, 0) is 4.74 Å². The predicted molar refractivity (Wildman–Crippen MR) is 102 cm³/mol. The summed E-state index contributed by atoms with van der Waals surface area (Å²) >= 11 is 0. The highest BCUT2D eigenvalue weighted by molar-refractivity contribution is 6.01. The van der Waals surface area contributed by atoms with Crippen molar-refractivity contribution >= 4 is 22.5 Å². The topological polar surface area (TPSA) is 66.5 Å². The van der Waals surface area contributed by atoms with E-state index in [0.29, 0.717) is 6.54 Å².